The number of nitrogens with one attached hydrogen (secondary N) is 1. The van der Waals surface area contributed by atoms with Crippen molar-refractivity contribution in [3.8, 4) is 0 Å². The molecule has 0 spiro atoms. The Labute approximate surface area is 199 Å². The lowest BCUT2D eigenvalue weighted by Gasteiger charge is -2.29. The Morgan fingerprint density at radius 2 is 1.21 bits per heavy atom. The van der Waals surface area contributed by atoms with E-state index in [1.807, 2.05) is 54.7 Å². The fraction of sp³-hybridized carbons (Fsp3) is 0.100. The van der Waals surface area contributed by atoms with E-state index in [1.165, 1.54) is 0 Å². The second kappa shape index (κ2) is 9.77. The maximum atomic E-state index is 11.6. The Kier molecular flexibility index (Phi) is 6.23. The molecule has 0 bridgehead atoms. The van der Waals surface area contributed by atoms with E-state index in [4.69, 9.17) is 0 Å². The van der Waals surface area contributed by atoms with Crippen molar-refractivity contribution in [2.24, 2.45) is 0 Å². The predicted octanol–water partition coefficient (Wildman–Crippen LogP) is 6.19. The zero-order valence-electron chi connectivity index (χ0n) is 18.7. The van der Waals surface area contributed by atoms with Crippen molar-refractivity contribution in [1.82, 2.24) is 9.88 Å². The smallest absolute Gasteiger partial charge is 0.307 e. The molecule has 4 nitrogen and oxygen atoms in total. The van der Waals surface area contributed by atoms with E-state index in [2.05, 4.69) is 76.6 Å². The van der Waals surface area contributed by atoms with Crippen molar-refractivity contribution in [3.63, 3.8) is 0 Å². The summed E-state index contributed by atoms with van der Waals surface area (Å²) in [7, 11) is 0. The SMILES string of the molecule is O=C(O)Cc1cn(C(NC(c2ccccc2)c2ccccc2)c2ccccc2)c2ccccc12. The molecule has 5 aromatic rings. The number of carboxylic acid groups (broad SMARTS) is 1. The average molecular weight is 447 g/mol. The molecule has 0 saturated heterocycles. The molecule has 5 rings (SSSR count). The monoisotopic (exact) mass is 446 g/mol. The van der Waals surface area contributed by atoms with Gasteiger partial charge in [-0.25, -0.2) is 0 Å². The normalized spacial score (nSPS) is 12.1. The lowest BCUT2D eigenvalue weighted by Crippen LogP contribution is -2.32. The highest BCUT2D eigenvalue weighted by Gasteiger charge is 2.24. The van der Waals surface area contributed by atoms with Gasteiger partial charge in [-0.15, -0.1) is 0 Å². The largest absolute Gasteiger partial charge is 0.481 e. The van der Waals surface area contributed by atoms with Crippen LogP contribution in [0.1, 0.15) is 34.5 Å². The summed E-state index contributed by atoms with van der Waals surface area (Å²) in [6.07, 6.45) is 1.76. The molecule has 0 fully saturated rings. The number of benzene rings is 4. The Morgan fingerprint density at radius 1 is 0.706 bits per heavy atom. The standard InChI is InChI=1S/C30H26N2O2/c33-28(34)20-25-21-32(27-19-11-10-18-26(25)27)30(24-16-8-3-9-17-24)31-29(22-12-4-1-5-13-22)23-14-6-2-7-15-23/h1-19,21,29-31H,20H2,(H,33,34). The minimum atomic E-state index is -0.835. The van der Waals surface area contributed by atoms with E-state index >= 15 is 0 Å². The van der Waals surface area contributed by atoms with Crippen LogP contribution in [0.25, 0.3) is 10.9 Å². The Balaban J connectivity index is 1.67. The molecule has 1 aromatic heterocycles. The molecule has 1 unspecified atom stereocenters. The van der Waals surface area contributed by atoms with Gasteiger partial charge in [0.25, 0.3) is 0 Å². The third-order valence-electron chi connectivity index (χ3n) is 6.15. The number of aliphatic carboxylic acids is 1. The van der Waals surface area contributed by atoms with E-state index < -0.39 is 5.97 Å². The molecule has 0 saturated carbocycles. The summed E-state index contributed by atoms with van der Waals surface area (Å²) in [5.41, 5.74) is 5.23. The highest BCUT2D eigenvalue weighted by molar-refractivity contribution is 5.87. The van der Waals surface area contributed by atoms with Gasteiger partial charge in [0.15, 0.2) is 0 Å². The third-order valence-corrected chi connectivity index (χ3v) is 6.15. The van der Waals surface area contributed by atoms with Crippen LogP contribution < -0.4 is 5.32 Å². The molecule has 0 amide bonds. The first-order chi connectivity index (χ1) is 16.7. The van der Waals surface area contributed by atoms with Crippen LogP contribution in [0.2, 0.25) is 0 Å². The lowest BCUT2D eigenvalue weighted by molar-refractivity contribution is -0.136. The van der Waals surface area contributed by atoms with Crippen molar-refractivity contribution in [2.45, 2.75) is 18.6 Å². The van der Waals surface area contributed by atoms with Crippen LogP contribution in [0.3, 0.4) is 0 Å². The number of rotatable bonds is 8. The molecule has 4 heteroatoms. The number of carboxylic acids is 1. The van der Waals surface area contributed by atoms with Gasteiger partial charge in [-0.1, -0.05) is 109 Å². The molecule has 0 aliphatic carbocycles. The quantitative estimate of drug-likeness (QED) is 0.299. The summed E-state index contributed by atoms with van der Waals surface area (Å²) >= 11 is 0. The Hall–Kier alpha value is -4.15. The zero-order chi connectivity index (χ0) is 23.3. The summed E-state index contributed by atoms with van der Waals surface area (Å²) < 4.78 is 2.17. The van der Waals surface area contributed by atoms with Crippen LogP contribution in [0.15, 0.2) is 121 Å². The number of nitrogens with zero attached hydrogens (tertiary/aromatic N) is 1. The summed E-state index contributed by atoms with van der Waals surface area (Å²) in [6, 6.07) is 39.1. The van der Waals surface area contributed by atoms with E-state index in [-0.39, 0.29) is 18.6 Å². The fourth-order valence-electron chi connectivity index (χ4n) is 4.60. The fourth-order valence-corrected chi connectivity index (χ4v) is 4.60. The number of aromatic nitrogens is 1. The van der Waals surface area contributed by atoms with Crippen LogP contribution in [-0.2, 0) is 11.2 Å². The Bertz CT molecular complexity index is 1340. The van der Waals surface area contributed by atoms with Crippen molar-refractivity contribution >= 4 is 16.9 Å². The molecule has 4 aromatic carbocycles. The van der Waals surface area contributed by atoms with Crippen molar-refractivity contribution in [1.29, 1.82) is 0 Å². The topological polar surface area (TPSA) is 54.3 Å². The third kappa shape index (κ3) is 4.49. The molecule has 0 aliphatic rings. The van der Waals surface area contributed by atoms with E-state index in [1.54, 1.807) is 0 Å². The first-order valence-corrected chi connectivity index (χ1v) is 11.4. The molecular weight excluding hydrogens is 420 g/mol. The summed E-state index contributed by atoms with van der Waals surface area (Å²) in [4.78, 5) is 11.6. The van der Waals surface area contributed by atoms with Crippen molar-refractivity contribution < 1.29 is 9.90 Å². The van der Waals surface area contributed by atoms with Crippen LogP contribution in [0.5, 0.6) is 0 Å². The highest BCUT2D eigenvalue weighted by Crippen LogP contribution is 2.31. The van der Waals surface area contributed by atoms with E-state index in [0.29, 0.717) is 0 Å². The zero-order valence-corrected chi connectivity index (χ0v) is 18.7. The molecular formula is C30H26N2O2. The molecule has 34 heavy (non-hydrogen) atoms. The van der Waals surface area contributed by atoms with E-state index in [9.17, 15) is 9.90 Å². The number of para-hydroxylation sites is 1. The minimum Gasteiger partial charge on any atom is -0.481 e. The van der Waals surface area contributed by atoms with Gasteiger partial charge < -0.3 is 9.67 Å². The molecule has 0 radical (unpaired) electrons. The van der Waals surface area contributed by atoms with Gasteiger partial charge in [-0.05, 0) is 28.3 Å². The maximum Gasteiger partial charge on any atom is 0.307 e. The van der Waals surface area contributed by atoms with Gasteiger partial charge in [-0.3, -0.25) is 10.1 Å². The highest BCUT2D eigenvalue weighted by atomic mass is 16.4. The van der Waals surface area contributed by atoms with Gasteiger partial charge in [0.1, 0.15) is 6.17 Å². The summed E-state index contributed by atoms with van der Waals surface area (Å²) in [5.74, 6) is -0.835. The van der Waals surface area contributed by atoms with Crippen LogP contribution in [-0.4, -0.2) is 15.6 Å². The lowest BCUT2D eigenvalue weighted by atomic mass is 9.97. The molecule has 1 heterocycles. The number of hydrogen-bond donors (Lipinski definition) is 2. The number of hydrogen-bond acceptors (Lipinski definition) is 2. The second-order valence-corrected chi connectivity index (χ2v) is 8.38. The first-order valence-electron chi connectivity index (χ1n) is 11.4. The van der Waals surface area contributed by atoms with Crippen LogP contribution in [0, 0.1) is 0 Å². The summed E-state index contributed by atoms with van der Waals surface area (Å²) in [6.45, 7) is 0. The van der Waals surface area contributed by atoms with E-state index in [0.717, 1.165) is 33.2 Å². The van der Waals surface area contributed by atoms with Gasteiger partial charge in [0.05, 0.1) is 12.5 Å². The molecule has 0 aliphatic heterocycles. The van der Waals surface area contributed by atoms with Gasteiger partial charge in [0.2, 0.25) is 0 Å². The maximum absolute atomic E-state index is 11.6. The van der Waals surface area contributed by atoms with Gasteiger partial charge in [0, 0.05) is 17.1 Å². The predicted molar refractivity (Wildman–Crippen MR) is 136 cm³/mol. The van der Waals surface area contributed by atoms with Crippen molar-refractivity contribution in [3.05, 3.63) is 144 Å². The molecule has 1 atom stereocenters. The summed E-state index contributed by atoms with van der Waals surface area (Å²) in [5, 5.41) is 14.4. The number of carbonyl (C=O) groups is 1. The van der Waals surface area contributed by atoms with Gasteiger partial charge >= 0.3 is 5.97 Å². The van der Waals surface area contributed by atoms with Crippen molar-refractivity contribution in [2.75, 3.05) is 0 Å². The van der Waals surface area contributed by atoms with Crippen LogP contribution >= 0.6 is 0 Å². The number of fused-ring (bicyclic) bond motifs is 1. The minimum absolute atomic E-state index is 0.0180. The first kappa shape index (κ1) is 21.7. The van der Waals surface area contributed by atoms with Crippen LogP contribution in [0.4, 0.5) is 0 Å². The average Bonchev–Trinajstić information content (AvgIpc) is 3.24. The molecule has 2 N–H and O–H groups in total. The molecule has 168 valence electrons. The Morgan fingerprint density at radius 3 is 1.76 bits per heavy atom. The van der Waals surface area contributed by atoms with Gasteiger partial charge in [-0.2, -0.15) is 0 Å². The second-order valence-electron chi connectivity index (χ2n) is 8.38.